The molecule has 0 aliphatic rings. The van der Waals surface area contributed by atoms with Crippen molar-refractivity contribution in [2.24, 2.45) is 17.8 Å². The fraction of sp³-hybridized carbons (Fsp3) is 1.00. The van der Waals surface area contributed by atoms with Gasteiger partial charge >= 0.3 is 0 Å². The molecule has 0 fully saturated rings. The molecule has 0 heterocycles. The minimum atomic E-state index is 0.825. The van der Waals surface area contributed by atoms with Crippen LogP contribution in [0.2, 0.25) is 6.32 Å². The van der Waals surface area contributed by atoms with Gasteiger partial charge in [0, 0.05) is 0 Å². The topological polar surface area (TPSA) is 0 Å². The van der Waals surface area contributed by atoms with E-state index >= 15 is 0 Å². The average molecular weight is 194 g/mol. The first-order valence-corrected chi connectivity index (χ1v) is 6.26. The maximum absolute atomic E-state index is 5.64. The quantitative estimate of drug-likeness (QED) is 0.500. The molecular formula is C13H27B. The Morgan fingerprint density at radius 1 is 0.857 bits per heavy atom. The second-order valence-corrected chi connectivity index (χ2v) is 5.40. The molecule has 0 bridgehead atoms. The highest BCUT2D eigenvalue weighted by molar-refractivity contribution is 6.08. The highest BCUT2D eigenvalue weighted by Crippen LogP contribution is 2.23. The van der Waals surface area contributed by atoms with Gasteiger partial charge in [-0.2, -0.15) is 0 Å². The summed E-state index contributed by atoms with van der Waals surface area (Å²) in [5.41, 5.74) is 0. The van der Waals surface area contributed by atoms with Crippen LogP contribution in [0.3, 0.4) is 0 Å². The molecule has 0 aromatic heterocycles. The van der Waals surface area contributed by atoms with Gasteiger partial charge in [0.25, 0.3) is 0 Å². The van der Waals surface area contributed by atoms with Gasteiger partial charge in [-0.15, -0.1) is 0 Å². The molecule has 0 saturated heterocycles. The highest BCUT2D eigenvalue weighted by atomic mass is 14.1. The van der Waals surface area contributed by atoms with Crippen molar-refractivity contribution in [1.29, 1.82) is 0 Å². The van der Waals surface area contributed by atoms with Gasteiger partial charge in [0.2, 0.25) is 0 Å². The Bertz CT molecular complexity index is 118. The van der Waals surface area contributed by atoms with Crippen LogP contribution >= 0.6 is 0 Å². The van der Waals surface area contributed by atoms with Gasteiger partial charge in [0.15, 0.2) is 0 Å². The number of hydrogen-bond acceptors (Lipinski definition) is 0. The molecule has 2 radical (unpaired) electrons. The molecule has 0 rings (SSSR count). The number of rotatable bonds is 8. The Morgan fingerprint density at radius 2 is 1.50 bits per heavy atom. The van der Waals surface area contributed by atoms with Gasteiger partial charge in [-0.3, -0.25) is 0 Å². The van der Waals surface area contributed by atoms with E-state index in [9.17, 15) is 0 Å². The lowest BCUT2D eigenvalue weighted by Gasteiger charge is -2.18. The van der Waals surface area contributed by atoms with Crippen LogP contribution in [0.25, 0.3) is 0 Å². The minimum absolute atomic E-state index is 0.825. The van der Waals surface area contributed by atoms with Crippen LogP contribution in [0.15, 0.2) is 0 Å². The molecule has 1 heteroatoms. The molecule has 82 valence electrons. The zero-order chi connectivity index (χ0) is 11.0. The lowest BCUT2D eigenvalue weighted by molar-refractivity contribution is 0.355. The lowest BCUT2D eigenvalue weighted by atomic mass is 9.84. The van der Waals surface area contributed by atoms with Crippen LogP contribution in [0, 0.1) is 17.8 Å². The molecule has 1 unspecified atom stereocenters. The SMILES string of the molecule is [B]CCC(CCCC(C)C)CC(C)C. The molecular weight excluding hydrogens is 167 g/mol. The molecule has 0 spiro atoms. The second kappa shape index (κ2) is 8.38. The van der Waals surface area contributed by atoms with Gasteiger partial charge in [-0.1, -0.05) is 59.7 Å². The van der Waals surface area contributed by atoms with Crippen molar-refractivity contribution in [1.82, 2.24) is 0 Å². The monoisotopic (exact) mass is 194 g/mol. The summed E-state index contributed by atoms with van der Waals surface area (Å²) in [6, 6.07) is 0. The third kappa shape index (κ3) is 8.65. The van der Waals surface area contributed by atoms with Crippen molar-refractivity contribution in [3.63, 3.8) is 0 Å². The van der Waals surface area contributed by atoms with Gasteiger partial charge in [0.05, 0.1) is 7.85 Å². The van der Waals surface area contributed by atoms with Gasteiger partial charge in [-0.05, 0) is 24.2 Å². The molecule has 1 atom stereocenters. The Balaban J connectivity index is 3.61. The summed E-state index contributed by atoms with van der Waals surface area (Å²) in [5.74, 6) is 2.55. The normalized spacial score (nSPS) is 13.9. The van der Waals surface area contributed by atoms with Crippen LogP contribution in [0.5, 0.6) is 0 Å². The lowest BCUT2D eigenvalue weighted by Crippen LogP contribution is -2.05. The minimum Gasteiger partial charge on any atom is -0.0884 e. The van der Waals surface area contributed by atoms with E-state index < -0.39 is 0 Å². The third-order valence-corrected chi connectivity index (χ3v) is 2.77. The first kappa shape index (κ1) is 14.1. The highest BCUT2D eigenvalue weighted by Gasteiger charge is 2.09. The first-order chi connectivity index (χ1) is 6.56. The van der Waals surface area contributed by atoms with E-state index in [1.54, 1.807) is 0 Å². The summed E-state index contributed by atoms with van der Waals surface area (Å²) >= 11 is 0. The molecule has 0 saturated carbocycles. The predicted molar refractivity (Wildman–Crippen MR) is 66.8 cm³/mol. The maximum atomic E-state index is 5.64. The standard InChI is InChI=1S/C13H27B/c1-11(2)6-5-7-13(8-9-14)10-12(3)4/h11-13H,5-10H2,1-4H3. The second-order valence-electron chi connectivity index (χ2n) is 5.40. The van der Waals surface area contributed by atoms with E-state index in [2.05, 4.69) is 27.7 Å². The van der Waals surface area contributed by atoms with Crippen molar-refractivity contribution in [2.75, 3.05) is 0 Å². The molecule has 14 heavy (non-hydrogen) atoms. The fourth-order valence-corrected chi connectivity index (χ4v) is 2.10. The first-order valence-electron chi connectivity index (χ1n) is 6.26. The van der Waals surface area contributed by atoms with E-state index in [1.807, 2.05) is 0 Å². The van der Waals surface area contributed by atoms with E-state index in [0.717, 1.165) is 24.1 Å². The molecule has 0 aromatic carbocycles. The third-order valence-electron chi connectivity index (χ3n) is 2.77. The van der Waals surface area contributed by atoms with Crippen molar-refractivity contribution in [2.45, 2.75) is 66.1 Å². The van der Waals surface area contributed by atoms with Crippen molar-refractivity contribution in [3.8, 4) is 0 Å². The summed E-state index contributed by atoms with van der Waals surface area (Å²) in [6.07, 6.45) is 7.58. The largest absolute Gasteiger partial charge is 0.0884 e. The van der Waals surface area contributed by atoms with E-state index in [-0.39, 0.29) is 0 Å². The average Bonchev–Trinajstić information content (AvgIpc) is 2.02. The van der Waals surface area contributed by atoms with Crippen molar-refractivity contribution >= 4 is 7.85 Å². The van der Waals surface area contributed by atoms with E-state index in [4.69, 9.17) is 7.85 Å². The zero-order valence-corrected chi connectivity index (χ0v) is 10.6. The Morgan fingerprint density at radius 3 is 1.93 bits per heavy atom. The summed E-state index contributed by atoms with van der Waals surface area (Å²) in [6.45, 7) is 9.23. The van der Waals surface area contributed by atoms with E-state index in [1.165, 1.54) is 32.1 Å². The Hall–Kier alpha value is 0.0649. The van der Waals surface area contributed by atoms with Crippen molar-refractivity contribution in [3.05, 3.63) is 0 Å². The van der Waals surface area contributed by atoms with Gasteiger partial charge < -0.3 is 0 Å². The van der Waals surface area contributed by atoms with Crippen LogP contribution in [-0.2, 0) is 0 Å². The number of hydrogen-bond donors (Lipinski definition) is 0. The van der Waals surface area contributed by atoms with Crippen LogP contribution < -0.4 is 0 Å². The Kier molecular flexibility index (Phi) is 8.42. The molecule has 0 amide bonds. The summed E-state index contributed by atoms with van der Waals surface area (Å²) in [7, 11) is 5.64. The van der Waals surface area contributed by atoms with Crippen LogP contribution in [0.4, 0.5) is 0 Å². The van der Waals surface area contributed by atoms with Crippen LogP contribution in [-0.4, -0.2) is 7.85 Å². The van der Waals surface area contributed by atoms with Crippen molar-refractivity contribution < 1.29 is 0 Å². The van der Waals surface area contributed by atoms with Gasteiger partial charge in [-0.25, -0.2) is 0 Å². The Labute approximate surface area is 92.3 Å². The molecule has 0 nitrogen and oxygen atoms in total. The fourth-order valence-electron chi connectivity index (χ4n) is 2.10. The summed E-state index contributed by atoms with van der Waals surface area (Å²) in [5, 5.41) is 0. The maximum Gasteiger partial charge on any atom is 0.0653 e. The molecule has 0 aromatic rings. The molecule has 0 aliphatic heterocycles. The molecule has 0 aliphatic carbocycles. The van der Waals surface area contributed by atoms with Crippen LogP contribution in [0.1, 0.15) is 59.8 Å². The molecule has 0 N–H and O–H groups in total. The predicted octanol–water partition coefficient (Wildman–Crippen LogP) is 4.45. The van der Waals surface area contributed by atoms with Gasteiger partial charge in [0.1, 0.15) is 0 Å². The van der Waals surface area contributed by atoms with E-state index in [0.29, 0.717) is 0 Å². The zero-order valence-electron chi connectivity index (χ0n) is 10.6. The summed E-state index contributed by atoms with van der Waals surface area (Å²) in [4.78, 5) is 0. The summed E-state index contributed by atoms with van der Waals surface area (Å²) < 4.78 is 0. The smallest absolute Gasteiger partial charge is 0.0653 e.